The highest BCUT2D eigenvalue weighted by atomic mass is 16.5. The van der Waals surface area contributed by atoms with Crippen LogP contribution in [0.4, 0.5) is 5.69 Å². The van der Waals surface area contributed by atoms with Crippen LogP contribution in [0.1, 0.15) is 22.3 Å². The normalized spacial score (nSPS) is 10.7. The lowest BCUT2D eigenvalue weighted by Crippen LogP contribution is -2.30. The molecule has 1 amide bonds. The summed E-state index contributed by atoms with van der Waals surface area (Å²) in [5.41, 5.74) is 5.23. The number of methoxy groups -OCH3 is 2. The predicted molar refractivity (Wildman–Crippen MR) is 105 cm³/mol. The van der Waals surface area contributed by atoms with Crippen LogP contribution in [0.5, 0.6) is 11.5 Å². The van der Waals surface area contributed by atoms with E-state index in [0.717, 1.165) is 27.9 Å². The van der Waals surface area contributed by atoms with Gasteiger partial charge in [-0.05, 0) is 62.2 Å². The molecule has 0 aliphatic heterocycles. The number of nitrogens with zero attached hydrogens (tertiary/aromatic N) is 1. The Morgan fingerprint density at radius 2 is 1.58 bits per heavy atom. The molecule has 0 fully saturated rings. The number of rotatable bonds is 7. The van der Waals surface area contributed by atoms with E-state index in [9.17, 15) is 4.79 Å². The maximum absolute atomic E-state index is 12.4. The fourth-order valence-corrected chi connectivity index (χ4v) is 2.98. The zero-order valence-electron chi connectivity index (χ0n) is 16.5. The first-order chi connectivity index (χ1) is 12.3. The van der Waals surface area contributed by atoms with Gasteiger partial charge in [0, 0.05) is 12.2 Å². The number of benzene rings is 2. The van der Waals surface area contributed by atoms with E-state index in [2.05, 4.69) is 5.32 Å². The number of aryl methyl sites for hydroxylation is 3. The molecule has 0 radical (unpaired) electrons. The van der Waals surface area contributed by atoms with E-state index in [1.807, 2.05) is 63.1 Å². The van der Waals surface area contributed by atoms with Crippen molar-refractivity contribution in [1.29, 1.82) is 0 Å². The average molecular weight is 356 g/mol. The Bertz CT molecular complexity index is 767. The Morgan fingerprint density at radius 3 is 2.15 bits per heavy atom. The quantitative estimate of drug-likeness (QED) is 0.822. The summed E-state index contributed by atoms with van der Waals surface area (Å²) < 4.78 is 10.7. The Labute approximate surface area is 155 Å². The van der Waals surface area contributed by atoms with Gasteiger partial charge in [0.25, 0.3) is 0 Å². The standard InChI is InChI=1S/C21H28N2O3/c1-14-8-7-9-15(2)21(14)22-20(24)13-23(4)12-17-11-19(26-6)18(25-5)10-16(17)3/h7-11H,12-13H2,1-6H3,(H,22,24). The molecule has 0 spiro atoms. The first-order valence-corrected chi connectivity index (χ1v) is 8.61. The van der Waals surface area contributed by atoms with Crippen molar-refractivity contribution in [2.45, 2.75) is 27.3 Å². The Morgan fingerprint density at radius 1 is 1.00 bits per heavy atom. The molecule has 0 aliphatic carbocycles. The van der Waals surface area contributed by atoms with Crippen molar-refractivity contribution in [2.75, 3.05) is 33.1 Å². The number of carbonyl (C=O) groups is 1. The van der Waals surface area contributed by atoms with E-state index >= 15 is 0 Å². The van der Waals surface area contributed by atoms with Gasteiger partial charge in [-0.15, -0.1) is 0 Å². The number of carbonyl (C=O) groups excluding carboxylic acids is 1. The van der Waals surface area contributed by atoms with Gasteiger partial charge in [-0.3, -0.25) is 9.69 Å². The number of para-hydroxylation sites is 1. The van der Waals surface area contributed by atoms with Crippen LogP contribution in [0.25, 0.3) is 0 Å². The molecule has 2 rings (SSSR count). The van der Waals surface area contributed by atoms with Gasteiger partial charge in [0.15, 0.2) is 11.5 Å². The van der Waals surface area contributed by atoms with Gasteiger partial charge in [0.1, 0.15) is 0 Å². The maximum Gasteiger partial charge on any atom is 0.238 e. The highest BCUT2D eigenvalue weighted by molar-refractivity contribution is 5.93. The fourth-order valence-electron chi connectivity index (χ4n) is 2.98. The Hall–Kier alpha value is -2.53. The van der Waals surface area contributed by atoms with Gasteiger partial charge in [-0.25, -0.2) is 0 Å². The van der Waals surface area contributed by atoms with Crippen molar-refractivity contribution in [3.63, 3.8) is 0 Å². The second-order valence-corrected chi connectivity index (χ2v) is 6.62. The third kappa shape index (κ3) is 4.76. The SMILES string of the molecule is COc1cc(C)c(CN(C)CC(=O)Nc2c(C)cccc2C)cc1OC. The van der Waals surface area contributed by atoms with Gasteiger partial charge in [0.2, 0.25) is 5.91 Å². The van der Waals surface area contributed by atoms with Gasteiger partial charge >= 0.3 is 0 Å². The second kappa shape index (κ2) is 8.72. The molecule has 0 heterocycles. The highest BCUT2D eigenvalue weighted by Crippen LogP contribution is 2.30. The molecule has 1 N–H and O–H groups in total. The molecule has 140 valence electrons. The maximum atomic E-state index is 12.4. The summed E-state index contributed by atoms with van der Waals surface area (Å²) in [6.07, 6.45) is 0. The summed E-state index contributed by atoms with van der Waals surface area (Å²) in [7, 11) is 5.18. The number of nitrogens with one attached hydrogen (secondary N) is 1. The lowest BCUT2D eigenvalue weighted by atomic mass is 10.1. The van der Waals surface area contributed by atoms with Gasteiger partial charge in [0.05, 0.1) is 20.8 Å². The number of hydrogen-bond donors (Lipinski definition) is 1. The zero-order chi connectivity index (χ0) is 19.3. The van der Waals surface area contributed by atoms with Crippen LogP contribution in [-0.4, -0.2) is 38.6 Å². The largest absolute Gasteiger partial charge is 0.493 e. The third-order valence-corrected chi connectivity index (χ3v) is 4.44. The van der Waals surface area contributed by atoms with Crippen molar-refractivity contribution < 1.29 is 14.3 Å². The topological polar surface area (TPSA) is 50.8 Å². The monoisotopic (exact) mass is 356 g/mol. The molecule has 0 aliphatic rings. The Kier molecular flexibility index (Phi) is 6.64. The zero-order valence-corrected chi connectivity index (χ0v) is 16.5. The molecule has 0 saturated carbocycles. The smallest absolute Gasteiger partial charge is 0.238 e. The van der Waals surface area contributed by atoms with Gasteiger partial charge < -0.3 is 14.8 Å². The van der Waals surface area contributed by atoms with Crippen molar-refractivity contribution in [3.8, 4) is 11.5 Å². The highest BCUT2D eigenvalue weighted by Gasteiger charge is 2.13. The third-order valence-electron chi connectivity index (χ3n) is 4.44. The number of hydrogen-bond acceptors (Lipinski definition) is 4. The second-order valence-electron chi connectivity index (χ2n) is 6.62. The van der Waals surface area contributed by atoms with Crippen LogP contribution < -0.4 is 14.8 Å². The van der Waals surface area contributed by atoms with Crippen LogP contribution in [0.3, 0.4) is 0 Å². The lowest BCUT2D eigenvalue weighted by Gasteiger charge is -2.20. The molecule has 5 nitrogen and oxygen atoms in total. The number of likely N-dealkylation sites (N-methyl/N-ethyl adjacent to an activating group) is 1. The average Bonchev–Trinajstić information content (AvgIpc) is 2.59. The van der Waals surface area contributed by atoms with Crippen molar-refractivity contribution in [3.05, 3.63) is 52.6 Å². The van der Waals surface area contributed by atoms with E-state index in [1.54, 1.807) is 14.2 Å². The molecule has 0 saturated heterocycles. The molecular formula is C21H28N2O3. The summed E-state index contributed by atoms with van der Waals surface area (Å²) in [5.74, 6) is 1.38. The Balaban J connectivity index is 2.04. The van der Waals surface area contributed by atoms with Crippen LogP contribution in [0.15, 0.2) is 30.3 Å². The molecule has 2 aromatic rings. The van der Waals surface area contributed by atoms with E-state index < -0.39 is 0 Å². The van der Waals surface area contributed by atoms with Gasteiger partial charge in [-0.2, -0.15) is 0 Å². The van der Waals surface area contributed by atoms with Crippen LogP contribution in [0, 0.1) is 20.8 Å². The van der Waals surface area contributed by atoms with E-state index in [-0.39, 0.29) is 5.91 Å². The number of amides is 1. The van der Waals surface area contributed by atoms with Crippen molar-refractivity contribution in [1.82, 2.24) is 4.90 Å². The summed E-state index contributed by atoms with van der Waals surface area (Å²) >= 11 is 0. The van der Waals surface area contributed by atoms with Crippen LogP contribution in [-0.2, 0) is 11.3 Å². The summed E-state index contributed by atoms with van der Waals surface area (Å²) in [4.78, 5) is 14.4. The predicted octanol–water partition coefficient (Wildman–Crippen LogP) is 3.70. The molecule has 0 unspecified atom stereocenters. The molecule has 0 aromatic heterocycles. The number of anilines is 1. The van der Waals surface area contributed by atoms with E-state index in [4.69, 9.17) is 9.47 Å². The summed E-state index contributed by atoms with van der Waals surface area (Å²) in [6, 6.07) is 9.91. The first-order valence-electron chi connectivity index (χ1n) is 8.61. The minimum atomic E-state index is -0.0250. The first kappa shape index (κ1) is 19.8. The number of ether oxygens (including phenoxy) is 2. The molecular weight excluding hydrogens is 328 g/mol. The molecule has 2 aromatic carbocycles. The van der Waals surface area contributed by atoms with E-state index in [0.29, 0.717) is 24.6 Å². The van der Waals surface area contributed by atoms with E-state index in [1.165, 1.54) is 0 Å². The lowest BCUT2D eigenvalue weighted by molar-refractivity contribution is -0.117. The molecule has 5 heteroatoms. The van der Waals surface area contributed by atoms with Crippen molar-refractivity contribution in [2.24, 2.45) is 0 Å². The fraction of sp³-hybridized carbons (Fsp3) is 0.381. The molecule has 0 bridgehead atoms. The van der Waals surface area contributed by atoms with Crippen LogP contribution in [0.2, 0.25) is 0 Å². The summed E-state index contributed by atoms with van der Waals surface area (Å²) in [6.45, 7) is 6.98. The molecule has 26 heavy (non-hydrogen) atoms. The minimum Gasteiger partial charge on any atom is -0.493 e. The van der Waals surface area contributed by atoms with Gasteiger partial charge in [-0.1, -0.05) is 18.2 Å². The minimum absolute atomic E-state index is 0.0250. The van der Waals surface area contributed by atoms with Crippen molar-refractivity contribution >= 4 is 11.6 Å². The van der Waals surface area contributed by atoms with Crippen LogP contribution >= 0.6 is 0 Å². The summed E-state index contributed by atoms with van der Waals surface area (Å²) in [5, 5.41) is 3.03. The molecule has 0 atom stereocenters.